The molecule has 4 rings (SSSR count). The van der Waals surface area contributed by atoms with Crippen molar-refractivity contribution in [2.24, 2.45) is 0 Å². The molecule has 1 aliphatic rings. The average Bonchev–Trinajstić information content (AvgIpc) is 3.15. The van der Waals surface area contributed by atoms with Gasteiger partial charge in [-0.2, -0.15) is 0 Å². The lowest BCUT2D eigenvalue weighted by molar-refractivity contribution is -0.136. The first-order chi connectivity index (χ1) is 18.2. The Morgan fingerprint density at radius 1 is 1.08 bits per heavy atom. The molecule has 2 heterocycles. The van der Waals surface area contributed by atoms with E-state index in [2.05, 4.69) is 10.3 Å². The summed E-state index contributed by atoms with van der Waals surface area (Å²) in [5.74, 6) is -3.16. The number of hydrogen-bond acceptors (Lipinski definition) is 5. The Bertz CT molecular complexity index is 1500. The van der Waals surface area contributed by atoms with Crippen molar-refractivity contribution in [2.45, 2.75) is 52.5 Å². The van der Waals surface area contributed by atoms with Crippen LogP contribution in [0.1, 0.15) is 63.2 Å². The third-order valence-electron chi connectivity index (χ3n) is 6.18. The third-order valence-corrected chi connectivity index (χ3v) is 6.18. The number of amides is 2. The maximum Gasteiger partial charge on any atom is 0.413 e. The number of H-pyrrole nitrogens is 1. The summed E-state index contributed by atoms with van der Waals surface area (Å²) in [4.78, 5) is 43.3. The first-order valence-electron chi connectivity index (χ1n) is 12.5. The van der Waals surface area contributed by atoms with Crippen LogP contribution in [-0.2, 0) is 14.9 Å². The number of nitrogens with zero attached hydrogens (tertiary/aromatic N) is 1. The molecule has 0 saturated carbocycles. The first kappa shape index (κ1) is 27.8. The van der Waals surface area contributed by atoms with E-state index in [4.69, 9.17) is 9.47 Å². The van der Waals surface area contributed by atoms with Gasteiger partial charge in [0.15, 0.2) is 11.6 Å². The van der Waals surface area contributed by atoms with Gasteiger partial charge in [0.25, 0.3) is 5.91 Å². The number of nitrogens with one attached hydrogen (secondary N) is 2. The highest BCUT2D eigenvalue weighted by molar-refractivity contribution is 6.18. The summed E-state index contributed by atoms with van der Waals surface area (Å²) in [5.41, 5.74) is 0.668. The van der Waals surface area contributed by atoms with Crippen molar-refractivity contribution in [3.8, 4) is 5.75 Å². The van der Waals surface area contributed by atoms with Gasteiger partial charge in [0.2, 0.25) is 0 Å². The fourth-order valence-electron chi connectivity index (χ4n) is 4.64. The van der Waals surface area contributed by atoms with Crippen LogP contribution in [0.5, 0.6) is 5.75 Å². The number of aromatic nitrogens is 1. The molecule has 2 amide bonds. The Labute approximate surface area is 225 Å². The van der Waals surface area contributed by atoms with Crippen molar-refractivity contribution in [2.75, 3.05) is 13.2 Å². The summed E-state index contributed by atoms with van der Waals surface area (Å²) >= 11 is 0. The molecular weight excluding hydrogens is 508 g/mol. The summed E-state index contributed by atoms with van der Waals surface area (Å²) < 4.78 is 38.1. The highest BCUT2D eigenvalue weighted by Gasteiger charge is 2.37. The number of rotatable bonds is 4. The quantitative estimate of drug-likeness (QED) is 0.416. The number of fused-ring (bicyclic) bond motifs is 3. The average molecular weight is 540 g/mol. The van der Waals surface area contributed by atoms with Crippen LogP contribution >= 0.6 is 0 Å². The van der Waals surface area contributed by atoms with E-state index in [9.17, 15) is 23.2 Å². The molecule has 39 heavy (non-hydrogen) atoms. The normalized spacial score (nSPS) is 14.8. The van der Waals surface area contributed by atoms with Gasteiger partial charge in [0.05, 0.1) is 17.9 Å². The summed E-state index contributed by atoms with van der Waals surface area (Å²) in [7, 11) is 0. The lowest BCUT2D eigenvalue weighted by atomic mass is 9.81. The number of ether oxygens (including phenoxy) is 2. The summed E-state index contributed by atoms with van der Waals surface area (Å²) in [6, 6.07) is 8.01. The third kappa shape index (κ3) is 5.79. The molecule has 206 valence electrons. The molecule has 2 N–H and O–H groups in total. The molecule has 0 aliphatic carbocycles. The van der Waals surface area contributed by atoms with E-state index in [-0.39, 0.29) is 24.3 Å². The van der Waals surface area contributed by atoms with Crippen LogP contribution in [-0.4, -0.2) is 46.5 Å². The maximum absolute atomic E-state index is 13.9. The molecule has 0 bridgehead atoms. The van der Waals surface area contributed by atoms with E-state index in [1.807, 2.05) is 34.6 Å². The molecule has 3 aromatic rings. The van der Waals surface area contributed by atoms with Crippen molar-refractivity contribution in [1.82, 2.24) is 15.2 Å². The zero-order valence-corrected chi connectivity index (χ0v) is 22.7. The van der Waals surface area contributed by atoms with Crippen LogP contribution in [0.15, 0.2) is 42.6 Å². The van der Waals surface area contributed by atoms with Crippen LogP contribution in [0.4, 0.5) is 13.6 Å². The van der Waals surface area contributed by atoms with Gasteiger partial charge >= 0.3 is 12.1 Å². The van der Waals surface area contributed by atoms with Gasteiger partial charge in [-0.05, 0) is 63.6 Å². The number of esters is 1. The van der Waals surface area contributed by atoms with E-state index in [0.717, 1.165) is 23.1 Å². The minimum Gasteiger partial charge on any atom is -0.462 e. The lowest BCUT2D eigenvalue weighted by Gasteiger charge is -2.29. The summed E-state index contributed by atoms with van der Waals surface area (Å²) in [5, 5.41) is 3.49. The Morgan fingerprint density at radius 3 is 2.44 bits per heavy atom. The fourth-order valence-corrected chi connectivity index (χ4v) is 4.64. The fraction of sp³-hybridized carbons (Fsp3) is 0.345. The number of aromatic amines is 1. The summed E-state index contributed by atoms with van der Waals surface area (Å²) in [6.45, 7) is 11.2. The van der Waals surface area contributed by atoms with Gasteiger partial charge in [-0.25, -0.2) is 18.4 Å². The molecular formula is C29H31F2N3O5. The lowest BCUT2D eigenvalue weighted by Crippen LogP contribution is -2.42. The summed E-state index contributed by atoms with van der Waals surface area (Å²) in [6.07, 6.45) is 0.771. The zero-order valence-electron chi connectivity index (χ0n) is 22.7. The number of benzene rings is 2. The molecule has 0 fully saturated rings. The van der Waals surface area contributed by atoms with E-state index < -0.39 is 40.6 Å². The Hall–Kier alpha value is -4.21. The molecule has 0 unspecified atom stereocenters. The largest absolute Gasteiger partial charge is 0.462 e. The second-order valence-electron chi connectivity index (χ2n) is 11.1. The first-order valence-corrected chi connectivity index (χ1v) is 12.5. The molecule has 8 nitrogen and oxygen atoms in total. The van der Waals surface area contributed by atoms with Gasteiger partial charge in [-0.1, -0.05) is 13.8 Å². The highest BCUT2D eigenvalue weighted by atomic mass is 19.2. The van der Waals surface area contributed by atoms with Crippen LogP contribution < -0.4 is 10.1 Å². The van der Waals surface area contributed by atoms with Gasteiger partial charge in [-0.15, -0.1) is 0 Å². The van der Waals surface area contributed by atoms with Crippen molar-refractivity contribution in [3.05, 3.63) is 71.1 Å². The Morgan fingerprint density at radius 2 is 1.79 bits per heavy atom. The molecule has 10 heteroatoms. The monoisotopic (exact) mass is 539 g/mol. The van der Waals surface area contributed by atoms with E-state index >= 15 is 0 Å². The molecule has 0 atom stereocenters. The molecule has 0 saturated heterocycles. The van der Waals surface area contributed by atoms with Crippen LogP contribution in [0.2, 0.25) is 0 Å². The van der Waals surface area contributed by atoms with E-state index in [1.54, 1.807) is 25.1 Å². The molecule has 0 spiro atoms. The van der Waals surface area contributed by atoms with Gasteiger partial charge in [-0.3, -0.25) is 4.79 Å². The molecule has 2 aromatic carbocycles. The topological polar surface area (TPSA) is 101 Å². The highest BCUT2D eigenvalue weighted by Crippen LogP contribution is 2.41. The molecule has 1 aromatic heterocycles. The van der Waals surface area contributed by atoms with Gasteiger partial charge < -0.3 is 24.7 Å². The van der Waals surface area contributed by atoms with Gasteiger partial charge in [0.1, 0.15) is 5.75 Å². The number of carbonyl (C=O) groups excluding carboxylic acids is 3. The SMILES string of the molecule is CCOC(=O)C1=CN(C(=O)c2ccc(F)c(F)c2)CC(C)(C)c2c1[nH]c1cc(OC(=O)NC(C)(C)C)ccc21. The molecule has 1 aliphatic heterocycles. The van der Waals surface area contributed by atoms with Crippen LogP contribution in [0.25, 0.3) is 16.5 Å². The smallest absolute Gasteiger partial charge is 0.413 e. The van der Waals surface area contributed by atoms with Crippen molar-refractivity contribution in [3.63, 3.8) is 0 Å². The standard InChI is InChI=1S/C29H31F2N3O5/c1-7-38-26(36)19-14-34(25(35)16-8-11-20(30)21(31)12-16)15-29(5,6)23-18-10-9-17(13-22(18)32-24(19)23)39-27(37)33-28(2,3)4/h8-14,32H,7,15H2,1-6H3,(H,33,37). The van der Waals surface area contributed by atoms with Crippen molar-refractivity contribution in [1.29, 1.82) is 0 Å². The van der Waals surface area contributed by atoms with Gasteiger partial charge in [0, 0.05) is 46.2 Å². The Balaban J connectivity index is 1.80. The minimum absolute atomic E-state index is 0.0603. The second-order valence-corrected chi connectivity index (χ2v) is 11.1. The number of carbonyl (C=O) groups is 3. The number of halogens is 2. The van der Waals surface area contributed by atoms with Crippen molar-refractivity contribution < 1.29 is 32.6 Å². The Kier molecular flexibility index (Phi) is 7.25. The minimum atomic E-state index is -1.14. The van der Waals surface area contributed by atoms with Crippen LogP contribution in [0, 0.1) is 11.6 Å². The predicted octanol–water partition coefficient (Wildman–Crippen LogP) is 5.67. The zero-order chi connectivity index (χ0) is 28.7. The second kappa shape index (κ2) is 10.2. The predicted molar refractivity (Wildman–Crippen MR) is 142 cm³/mol. The van der Waals surface area contributed by atoms with Crippen LogP contribution in [0.3, 0.4) is 0 Å². The van der Waals surface area contributed by atoms with E-state index in [1.165, 1.54) is 17.2 Å². The number of hydrogen-bond donors (Lipinski definition) is 2. The van der Waals surface area contributed by atoms with Crippen molar-refractivity contribution >= 4 is 34.4 Å². The maximum atomic E-state index is 13.9. The van der Waals surface area contributed by atoms with E-state index in [0.29, 0.717) is 17.0 Å². The molecule has 0 radical (unpaired) electrons.